The number of aromatic nitrogens is 2. The van der Waals surface area contributed by atoms with Gasteiger partial charge < -0.3 is 9.67 Å². The second-order valence-electron chi connectivity index (χ2n) is 3.73. The molecule has 0 aliphatic carbocycles. The van der Waals surface area contributed by atoms with Gasteiger partial charge in [0.05, 0.1) is 11.0 Å². The average Bonchev–Trinajstić information content (AvgIpc) is 2.65. The number of hydrogen-bond donors (Lipinski definition) is 1. The summed E-state index contributed by atoms with van der Waals surface area (Å²) in [7, 11) is 0. The van der Waals surface area contributed by atoms with Crippen LogP contribution in [0.1, 0.15) is 13.8 Å². The summed E-state index contributed by atoms with van der Waals surface area (Å²) in [4.78, 5) is 15.3. The van der Waals surface area contributed by atoms with Crippen molar-refractivity contribution in [2.45, 2.75) is 30.8 Å². The monoisotopic (exact) mass is 250 g/mol. The molecule has 0 amide bonds. The van der Waals surface area contributed by atoms with E-state index in [0.29, 0.717) is 0 Å². The Morgan fingerprint density at radius 3 is 2.88 bits per heavy atom. The van der Waals surface area contributed by atoms with E-state index in [4.69, 9.17) is 5.11 Å². The topological polar surface area (TPSA) is 55.1 Å². The Morgan fingerprint density at radius 1 is 1.53 bits per heavy atom. The predicted molar refractivity (Wildman–Crippen MR) is 68.4 cm³/mol. The van der Waals surface area contributed by atoms with Crippen LogP contribution in [0.3, 0.4) is 0 Å². The number of carbonyl (C=O) groups is 1. The number of aryl methyl sites for hydroxylation is 1. The third kappa shape index (κ3) is 2.29. The maximum absolute atomic E-state index is 10.9. The fourth-order valence-corrected chi connectivity index (χ4v) is 2.58. The number of rotatable bonds is 4. The highest BCUT2D eigenvalue weighted by Gasteiger charge is 2.17. The summed E-state index contributed by atoms with van der Waals surface area (Å²) in [5.41, 5.74) is 1.96. The quantitative estimate of drug-likeness (QED) is 0.847. The van der Waals surface area contributed by atoms with Gasteiger partial charge in [-0.1, -0.05) is 23.9 Å². The first-order valence-corrected chi connectivity index (χ1v) is 6.36. The molecule has 0 aliphatic rings. The molecule has 0 aliphatic heterocycles. The Bertz CT molecular complexity index is 550. The molecular weight excluding hydrogens is 236 g/mol. The van der Waals surface area contributed by atoms with Gasteiger partial charge in [0.25, 0.3) is 0 Å². The molecule has 0 saturated carbocycles. The fourth-order valence-electron chi connectivity index (χ4n) is 1.66. The van der Waals surface area contributed by atoms with Gasteiger partial charge in [-0.15, -0.1) is 0 Å². The number of nitrogens with zero attached hydrogens (tertiary/aromatic N) is 2. The summed E-state index contributed by atoms with van der Waals surface area (Å²) < 4.78 is 2.04. The third-order valence-corrected chi connectivity index (χ3v) is 3.64. The molecule has 1 aromatic carbocycles. The Morgan fingerprint density at radius 2 is 2.24 bits per heavy atom. The van der Waals surface area contributed by atoms with Crippen molar-refractivity contribution in [3.05, 3.63) is 24.3 Å². The van der Waals surface area contributed by atoms with Crippen LogP contribution in [0.2, 0.25) is 0 Å². The number of carboxylic acids is 1. The summed E-state index contributed by atoms with van der Waals surface area (Å²) in [6.45, 7) is 4.49. The van der Waals surface area contributed by atoms with Crippen LogP contribution in [0.15, 0.2) is 29.4 Å². The lowest BCUT2D eigenvalue weighted by atomic mass is 10.3. The van der Waals surface area contributed by atoms with E-state index in [1.54, 1.807) is 6.92 Å². The van der Waals surface area contributed by atoms with Crippen molar-refractivity contribution in [1.29, 1.82) is 0 Å². The minimum Gasteiger partial charge on any atom is -0.480 e. The zero-order valence-electron chi connectivity index (χ0n) is 9.75. The molecule has 0 fully saturated rings. The summed E-state index contributed by atoms with van der Waals surface area (Å²) >= 11 is 1.28. The molecule has 1 N–H and O–H groups in total. The number of hydrogen-bond acceptors (Lipinski definition) is 3. The van der Waals surface area contributed by atoms with E-state index in [1.807, 2.05) is 35.8 Å². The van der Waals surface area contributed by atoms with E-state index in [0.717, 1.165) is 22.7 Å². The first-order valence-electron chi connectivity index (χ1n) is 5.48. The van der Waals surface area contributed by atoms with Crippen LogP contribution in [-0.2, 0) is 11.3 Å². The van der Waals surface area contributed by atoms with Crippen LogP contribution in [-0.4, -0.2) is 25.9 Å². The number of benzene rings is 1. The van der Waals surface area contributed by atoms with Gasteiger partial charge in [0.15, 0.2) is 5.16 Å². The van der Waals surface area contributed by atoms with Crippen LogP contribution in [0.4, 0.5) is 0 Å². The van der Waals surface area contributed by atoms with Crippen LogP contribution in [0.5, 0.6) is 0 Å². The van der Waals surface area contributed by atoms with Gasteiger partial charge in [-0.3, -0.25) is 4.79 Å². The number of aliphatic carboxylic acids is 1. The highest BCUT2D eigenvalue weighted by molar-refractivity contribution is 8.00. The molecule has 0 unspecified atom stereocenters. The Kier molecular flexibility index (Phi) is 3.38. The predicted octanol–water partition coefficient (Wildman–Crippen LogP) is 2.62. The van der Waals surface area contributed by atoms with Crippen molar-refractivity contribution < 1.29 is 9.90 Å². The maximum atomic E-state index is 10.9. The molecule has 0 saturated heterocycles. The molecule has 2 rings (SSSR count). The van der Waals surface area contributed by atoms with Crippen molar-refractivity contribution in [3.63, 3.8) is 0 Å². The minimum atomic E-state index is -0.815. The summed E-state index contributed by atoms with van der Waals surface area (Å²) in [5.74, 6) is -0.815. The van der Waals surface area contributed by atoms with E-state index in [9.17, 15) is 4.79 Å². The molecule has 2 aromatic rings. The molecule has 1 aromatic heterocycles. The van der Waals surface area contributed by atoms with Gasteiger partial charge in [0, 0.05) is 6.54 Å². The lowest BCUT2D eigenvalue weighted by molar-refractivity contribution is -0.136. The molecule has 17 heavy (non-hydrogen) atoms. The van der Waals surface area contributed by atoms with E-state index in [1.165, 1.54) is 11.8 Å². The highest BCUT2D eigenvalue weighted by Crippen LogP contribution is 2.27. The van der Waals surface area contributed by atoms with E-state index < -0.39 is 11.2 Å². The van der Waals surface area contributed by atoms with Gasteiger partial charge in [0.2, 0.25) is 0 Å². The largest absolute Gasteiger partial charge is 0.480 e. The molecule has 0 spiro atoms. The van der Waals surface area contributed by atoms with Gasteiger partial charge in [-0.2, -0.15) is 0 Å². The molecule has 5 heteroatoms. The van der Waals surface area contributed by atoms with Crippen LogP contribution >= 0.6 is 11.8 Å². The van der Waals surface area contributed by atoms with Crippen LogP contribution in [0, 0.1) is 0 Å². The fraction of sp³-hybridized carbons (Fsp3) is 0.333. The van der Waals surface area contributed by atoms with Crippen molar-refractivity contribution >= 4 is 28.8 Å². The standard InChI is InChI=1S/C12H14N2O2S/c1-3-14-10-7-5-4-6-9(10)13-12(14)17-8(2)11(15)16/h4-8H,3H2,1-2H3,(H,15,16)/t8-/m0/s1. The van der Waals surface area contributed by atoms with Crippen molar-refractivity contribution in [3.8, 4) is 0 Å². The Balaban J connectivity index is 2.43. The van der Waals surface area contributed by atoms with Crippen LogP contribution in [0.25, 0.3) is 11.0 Å². The van der Waals surface area contributed by atoms with Crippen LogP contribution < -0.4 is 0 Å². The van der Waals surface area contributed by atoms with Crippen molar-refractivity contribution in [2.24, 2.45) is 0 Å². The molecule has 4 nitrogen and oxygen atoms in total. The van der Waals surface area contributed by atoms with Gasteiger partial charge in [0.1, 0.15) is 5.25 Å². The first kappa shape index (κ1) is 12.0. The second kappa shape index (κ2) is 4.79. The number of fused-ring (bicyclic) bond motifs is 1. The lowest BCUT2D eigenvalue weighted by Crippen LogP contribution is -2.12. The summed E-state index contributed by atoms with van der Waals surface area (Å²) in [6, 6.07) is 7.84. The van der Waals surface area contributed by atoms with E-state index >= 15 is 0 Å². The zero-order chi connectivity index (χ0) is 12.4. The van der Waals surface area contributed by atoms with Gasteiger partial charge in [-0.05, 0) is 26.0 Å². The maximum Gasteiger partial charge on any atom is 0.316 e. The zero-order valence-corrected chi connectivity index (χ0v) is 10.6. The van der Waals surface area contributed by atoms with Gasteiger partial charge in [-0.25, -0.2) is 4.98 Å². The summed E-state index contributed by atoms with van der Waals surface area (Å²) in [6.07, 6.45) is 0. The average molecular weight is 250 g/mol. The molecule has 0 bridgehead atoms. The molecule has 0 radical (unpaired) electrons. The molecular formula is C12H14N2O2S. The molecule has 1 atom stereocenters. The number of para-hydroxylation sites is 2. The van der Waals surface area contributed by atoms with E-state index in [-0.39, 0.29) is 0 Å². The Hall–Kier alpha value is -1.49. The molecule has 1 heterocycles. The SMILES string of the molecule is CCn1c(S[C@@H](C)C(=O)O)nc2ccccc21. The minimum absolute atomic E-state index is 0.489. The Labute approximate surface area is 104 Å². The first-order chi connectivity index (χ1) is 8.13. The number of imidazole rings is 1. The smallest absolute Gasteiger partial charge is 0.316 e. The summed E-state index contributed by atoms with van der Waals surface area (Å²) in [5, 5.41) is 9.20. The third-order valence-electron chi connectivity index (χ3n) is 2.57. The number of thioether (sulfide) groups is 1. The lowest BCUT2D eigenvalue weighted by Gasteiger charge is -2.07. The normalized spacial score (nSPS) is 12.8. The highest BCUT2D eigenvalue weighted by atomic mass is 32.2. The number of carboxylic acid groups (broad SMARTS) is 1. The van der Waals surface area contributed by atoms with Gasteiger partial charge >= 0.3 is 5.97 Å². The van der Waals surface area contributed by atoms with Crippen molar-refractivity contribution in [2.75, 3.05) is 0 Å². The second-order valence-corrected chi connectivity index (χ2v) is 5.03. The van der Waals surface area contributed by atoms with E-state index in [2.05, 4.69) is 4.98 Å². The molecule has 90 valence electrons. The van der Waals surface area contributed by atoms with Crippen molar-refractivity contribution in [1.82, 2.24) is 9.55 Å².